The maximum absolute atomic E-state index is 13.2. The molecule has 1 aromatic carbocycles. The van der Waals surface area contributed by atoms with Crippen molar-refractivity contribution in [3.05, 3.63) is 52.3 Å². The number of Topliss-reactive ketones (excluding diaryl/α,β-unsaturated/α-hetero) is 1. The van der Waals surface area contributed by atoms with Gasteiger partial charge in [0.05, 0.1) is 17.0 Å². The third kappa shape index (κ3) is 3.26. The zero-order chi connectivity index (χ0) is 18.3. The Morgan fingerprint density at radius 1 is 1.31 bits per heavy atom. The van der Waals surface area contributed by atoms with Crippen molar-refractivity contribution in [1.29, 1.82) is 0 Å². The summed E-state index contributed by atoms with van der Waals surface area (Å²) < 4.78 is 13.2. The molecule has 2 aliphatic rings. The molecule has 2 unspecified atom stereocenters. The molecule has 0 spiro atoms. The lowest BCUT2D eigenvalue weighted by molar-refractivity contribution is -0.117. The summed E-state index contributed by atoms with van der Waals surface area (Å²) in [6, 6.07) is 4.36. The first kappa shape index (κ1) is 17.2. The first-order valence-electron chi connectivity index (χ1n) is 8.78. The van der Waals surface area contributed by atoms with E-state index in [2.05, 4.69) is 15.3 Å². The molecule has 0 aliphatic heterocycles. The van der Waals surface area contributed by atoms with Gasteiger partial charge in [-0.3, -0.25) is 9.59 Å². The topological polar surface area (TPSA) is 74.8 Å². The molecule has 0 radical (unpaired) electrons. The number of halogens is 2. The van der Waals surface area contributed by atoms with Gasteiger partial charge in [0.1, 0.15) is 17.3 Å². The van der Waals surface area contributed by atoms with Crippen molar-refractivity contribution in [2.45, 2.75) is 38.1 Å². The summed E-state index contributed by atoms with van der Waals surface area (Å²) in [5.74, 6) is 0.721. The highest BCUT2D eigenvalue weighted by Gasteiger charge is 2.42. The number of amides is 1. The van der Waals surface area contributed by atoms with Crippen molar-refractivity contribution in [3.8, 4) is 0 Å². The van der Waals surface area contributed by atoms with E-state index in [0.717, 1.165) is 24.1 Å². The van der Waals surface area contributed by atoms with Gasteiger partial charge in [-0.2, -0.15) is 0 Å². The van der Waals surface area contributed by atoms with Crippen molar-refractivity contribution in [1.82, 2.24) is 15.3 Å². The van der Waals surface area contributed by atoms with Crippen LogP contribution in [0.3, 0.4) is 0 Å². The van der Waals surface area contributed by atoms with Crippen LogP contribution in [0.2, 0.25) is 5.02 Å². The molecule has 26 heavy (non-hydrogen) atoms. The van der Waals surface area contributed by atoms with Gasteiger partial charge in [0.15, 0.2) is 0 Å². The summed E-state index contributed by atoms with van der Waals surface area (Å²) in [7, 11) is 0. The van der Waals surface area contributed by atoms with Crippen LogP contribution in [0, 0.1) is 17.7 Å². The molecule has 1 aromatic heterocycles. The van der Waals surface area contributed by atoms with Gasteiger partial charge in [-0.15, -0.1) is 0 Å². The molecule has 136 valence electrons. The Morgan fingerprint density at radius 3 is 2.73 bits per heavy atom. The van der Waals surface area contributed by atoms with Gasteiger partial charge in [-0.05, 0) is 42.4 Å². The van der Waals surface area contributed by atoms with E-state index in [9.17, 15) is 14.0 Å². The van der Waals surface area contributed by atoms with Crippen LogP contribution in [0.15, 0.2) is 24.5 Å². The average Bonchev–Trinajstić information content (AvgIpc) is 3.29. The second kappa shape index (κ2) is 6.83. The van der Waals surface area contributed by atoms with Crippen molar-refractivity contribution < 1.29 is 14.0 Å². The summed E-state index contributed by atoms with van der Waals surface area (Å²) in [6.07, 6.45) is 4.72. The van der Waals surface area contributed by atoms with E-state index >= 15 is 0 Å². The minimum Gasteiger partial charge on any atom is -0.348 e. The van der Waals surface area contributed by atoms with E-state index < -0.39 is 5.82 Å². The van der Waals surface area contributed by atoms with E-state index in [-0.39, 0.29) is 23.4 Å². The minimum absolute atomic E-state index is 0.0317. The Kier molecular flexibility index (Phi) is 4.53. The molecule has 2 N–H and O–H groups in total. The van der Waals surface area contributed by atoms with Gasteiger partial charge < -0.3 is 10.3 Å². The predicted molar refractivity (Wildman–Crippen MR) is 94.4 cm³/mol. The fourth-order valence-corrected chi connectivity index (χ4v) is 4.53. The van der Waals surface area contributed by atoms with Gasteiger partial charge in [-0.1, -0.05) is 17.7 Å². The number of hydrogen-bond donors (Lipinski definition) is 2. The van der Waals surface area contributed by atoms with Crippen LogP contribution < -0.4 is 5.32 Å². The first-order valence-corrected chi connectivity index (χ1v) is 9.16. The summed E-state index contributed by atoms with van der Waals surface area (Å²) >= 11 is 5.77. The molecule has 2 atom stereocenters. The third-order valence-corrected chi connectivity index (χ3v) is 5.84. The first-order chi connectivity index (χ1) is 12.5. The standard InChI is InChI=1S/C19H19ClFN3O2/c20-15-3-10(1-2-16(15)21)8-22-19(26)18-17(23-9-24-18)13-4-11-6-14(25)7-12(11)5-13/h1-3,9,11-13H,4-8H2,(H,22,26)(H,23,24). The van der Waals surface area contributed by atoms with Gasteiger partial charge in [0.2, 0.25) is 0 Å². The Bertz CT molecular complexity index is 850. The number of benzene rings is 1. The molecule has 2 aromatic rings. The second-order valence-corrected chi connectivity index (χ2v) is 7.64. The zero-order valence-electron chi connectivity index (χ0n) is 14.1. The van der Waals surface area contributed by atoms with Gasteiger partial charge in [0, 0.05) is 25.3 Å². The van der Waals surface area contributed by atoms with Crippen LogP contribution in [-0.4, -0.2) is 21.7 Å². The second-order valence-electron chi connectivity index (χ2n) is 7.23. The van der Waals surface area contributed by atoms with Crippen molar-refractivity contribution in [3.63, 3.8) is 0 Å². The number of nitrogens with one attached hydrogen (secondary N) is 2. The summed E-state index contributed by atoms with van der Waals surface area (Å²) in [6.45, 7) is 0.246. The Labute approximate surface area is 155 Å². The number of rotatable bonds is 4. The fourth-order valence-electron chi connectivity index (χ4n) is 4.33. The Balaban J connectivity index is 1.42. The van der Waals surface area contributed by atoms with Crippen LogP contribution in [0.1, 0.15) is 53.3 Å². The number of nitrogens with zero attached hydrogens (tertiary/aromatic N) is 1. The third-order valence-electron chi connectivity index (χ3n) is 5.55. The van der Waals surface area contributed by atoms with Crippen molar-refractivity contribution >= 4 is 23.3 Å². The molecule has 0 bridgehead atoms. The maximum atomic E-state index is 13.2. The van der Waals surface area contributed by atoms with E-state index in [4.69, 9.17) is 11.6 Å². The monoisotopic (exact) mass is 375 g/mol. The average molecular weight is 376 g/mol. The van der Waals surface area contributed by atoms with E-state index in [1.165, 1.54) is 18.5 Å². The lowest BCUT2D eigenvalue weighted by Gasteiger charge is -2.12. The zero-order valence-corrected chi connectivity index (χ0v) is 14.9. The molecule has 0 saturated heterocycles. The molecule has 5 nitrogen and oxygen atoms in total. The molecule has 2 aliphatic carbocycles. The summed E-state index contributed by atoms with van der Waals surface area (Å²) in [5, 5.41) is 2.84. The molecule has 2 fully saturated rings. The SMILES string of the molecule is O=C1CC2CC(c3[nH]cnc3C(=O)NCc3ccc(F)c(Cl)c3)CC2C1. The quantitative estimate of drug-likeness (QED) is 0.857. The number of aromatic nitrogens is 2. The normalized spacial score (nSPS) is 24.7. The highest BCUT2D eigenvalue weighted by molar-refractivity contribution is 6.30. The van der Waals surface area contributed by atoms with Crippen LogP contribution >= 0.6 is 11.6 Å². The summed E-state index contributed by atoms with van der Waals surface area (Å²) in [5.41, 5.74) is 1.96. The Hall–Kier alpha value is -2.21. The number of fused-ring (bicyclic) bond motifs is 1. The van der Waals surface area contributed by atoms with Crippen molar-refractivity contribution in [2.75, 3.05) is 0 Å². The van der Waals surface area contributed by atoms with Crippen molar-refractivity contribution in [2.24, 2.45) is 11.8 Å². The minimum atomic E-state index is -0.485. The predicted octanol–water partition coefficient (Wildman–Crippen LogP) is 3.60. The van der Waals surface area contributed by atoms with Crippen LogP contribution in [-0.2, 0) is 11.3 Å². The maximum Gasteiger partial charge on any atom is 0.272 e. The fraction of sp³-hybridized carbons (Fsp3) is 0.421. The number of hydrogen-bond acceptors (Lipinski definition) is 3. The van der Waals surface area contributed by atoms with E-state index in [1.807, 2.05) is 0 Å². The Morgan fingerprint density at radius 2 is 2.04 bits per heavy atom. The van der Waals surface area contributed by atoms with Gasteiger partial charge in [-0.25, -0.2) is 9.37 Å². The number of H-pyrrole nitrogens is 1. The molecule has 1 heterocycles. The lowest BCUT2D eigenvalue weighted by atomic mass is 9.98. The highest BCUT2D eigenvalue weighted by atomic mass is 35.5. The molecule has 2 saturated carbocycles. The molecular weight excluding hydrogens is 357 g/mol. The largest absolute Gasteiger partial charge is 0.348 e. The number of aromatic amines is 1. The number of carbonyl (C=O) groups is 2. The molecule has 4 rings (SSSR count). The van der Waals surface area contributed by atoms with Crippen LogP contribution in [0.25, 0.3) is 0 Å². The molecule has 1 amide bonds. The number of carbonyl (C=O) groups excluding carboxylic acids is 2. The van der Waals surface area contributed by atoms with E-state index in [1.54, 1.807) is 6.07 Å². The van der Waals surface area contributed by atoms with Gasteiger partial charge >= 0.3 is 0 Å². The van der Waals surface area contributed by atoms with Crippen LogP contribution in [0.4, 0.5) is 4.39 Å². The smallest absolute Gasteiger partial charge is 0.272 e. The number of imidazole rings is 1. The number of ketones is 1. The molecule has 7 heteroatoms. The van der Waals surface area contributed by atoms with Gasteiger partial charge in [0.25, 0.3) is 5.91 Å². The lowest BCUT2D eigenvalue weighted by Crippen LogP contribution is -2.24. The molecular formula is C19H19ClFN3O2. The van der Waals surface area contributed by atoms with Crippen LogP contribution in [0.5, 0.6) is 0 Å². The highest BCUT2D eigenvalue weighted by Crippen LogP contribution is 2.49. The van der Waals surface area contributed by atoms with E-state index in [0.29, 0.717) is 36.2 Å². The summed E-state index contributed by atoms with van der Waals surface area (Å²) in [4.78, 5) is 31.4.